The summed E-state index contributed by atoms with van der Waals surface area (Å²) in [4.78, 5) is 4.36. The lowest BCUT2D eigenvalue weighted by molar-refractivity contribution is 0.306. The van der Waals surface area contributed by atoms with E-state index in [1.807, 2.05) is 59.3 Å². The third-order valence-electron chi connectivity index (χ3n) is 5.50. The number of nitrogens with one attached hydrogen (secondary N) is 1. The lowest BCUT2D eigenvalue weighted by atomic mass is 9.93. The molecule has 0 spiro atoms. The number of nitrogens with zero attached hydrogens (tertiary/aromatic N) is 3. The number of hydrogen-bond acceptors (Lipinski definition) is 5. The fourth-order valence-electron chi connectivity index (χ4n) is 3.96. The Hall–Kier alpha value is -3.51. The van der Waals surface area contributed by atoms with Gasteiger partial charge in [0, 0.05) is 5.02 Å². The summed E-state index contributed by atoms with van der Waals surface area (Å²) in [6.07, 6.45) is 0.768. The molecule has 156 valence electrons. The van der Waals surface area contributed by atoms with Gasteiger partial charge in [0.15, 0.2) is 0 Å². The topological polar surface area (TPSA) is 78.0 Å². The van der Waals surface area contributed by atoms with Gasteiger partial charge in [-0.25, -0.2) is 4.68 Å². The number of hydrogen-bond donors (Lipinski definition) is 2. The van der Waals surface area contributed by atoms with Crippen LogP contribution < -0.4 is 15.8 Å². The van der Waals surface area contributed by atoms with E-state index < -0.39 is 0 Å². The zero-order valence-electron chi connectivity index (χ0n) is 16.8. The molecule has 1 aliphatic rings. The molecule has 31 heavy (non-hydrogen) atoms. The lowest BCUT2D eigenvalue weighted by Gasteiger charge is -2.32. The van der Waals surface area contributed by atoms with Gasteiger partial charge in [0.25, 0.3) is 0 Å². The van der Waals surface area contributed by atoms with Gasteiger partial charge in [0.05, 0.1) is 12.1 Å². The fourth-order valence-corrected chi connectivity index (χ4v) is 4.23. The molecule has 0 saturated carbocycles. The first-order valence-electron chi connectivity index (χ1n) is 10.2. The molecule has 0 saturated heterocycles. The molecule has 2 atom stereocenters. The van der Waals surface area contributed by atoms with Crippen molar-refractivity contribution in [3.63, 3.8) is 0 Å². The van der Waals surface area contributed by atoms with Crippen molar-refractivity contribution in [2.24, 2.45) is 0 Å². The number of benzene rings is 3. The minimum absolute atomic E-state index is 0.00353. The number of halogens is 1. The van der Waals surface area contributed by atoms with Gasteiger partial charge in [-0.3, -0.25) is 0 Å². The molecule has 0 radical (unpaired) electrons. The smallest absolute Gasteiger partial charge is 0.241 e. The molecule has 6 nitrogen and oxygen atoms in total. The molecule has 0 fully saturated rings. The lowest BCUT2D eigenvalue weighted by Crippen LogP contribution is -2.28. The molecular formula is C24H22ClN5O. The summed E-state index contributed by atoms with van der Waals surface area (Å²) < 4.78 is 7.78. The van der Waals surface area contributed by atoms with Crippen LogP contribution in [0.5, 0.6) is 5.75 Å². The van der Waals surface area contributed by atoms with Gasteiger partial charge in [0.2, 0.25) is 11.9 Å². The summed E-state index contributed by atoms with van der Waals surface area (Å²) in [5.41, 5.74) is 9.18. The number of ether oxygens (including phenoxy) is 1. The van der Waals surface area contributed by atoms with Crippen molar-refractivity contribution in [2.75, 3.05) is 11.1 Å². The molecule has 0 aliphatic carbocycles. The quantitative estimate of drug-likeness (QED) is 0.452. The molecule has 3 N–H and O–H groups in total. The molecule has 0 bridgehead atoms. The van der Waals surface area contributed by atoms with Crippen LogP contribution in [0.1, 0.15) is 35.2 Å². The van der Waals surface area contributed by atoms with E-state index >= 15 is 0 Å². The summed E-state index contributed by atoms with van der Waals surface area (Å²) in [5.74, 6) is 1.71. The molecule has 0 amide bonds. The molecule has 1 aromatic heterocycles. The Kier molecular flexibility index (Phi) is 5.22. The second kappa shape index (κ2) is 8.32. The van der Waals surface area contributed by atoms with E-state index in [4.69, 9.17) is 22.1 Å². The van der Waals surface area contributed by atoms with E-state index in [2.05, 4.69) is 39.7 Å². The van der Waals surface area contributed by atoms with Crippen molar-refractivity contribution in [1.82, 2.24) is 14.8 Å². The average molecular weight is 432 g/mol. The first kappa shape index (κ1) is 19.5. The van der Waals surface area contributed by atoms with Crippen LogP contribution in [0, 0.1) is 0 Å². The molecule has 4 aromatic rings. The number of nitrogen functional groups attached to an aromatic ring is 1. The van der Waals surface area contributed by atoms with E-state index in [1.165, 1.54) is 0 Å². The first-order valence-corrected chi connectivity index (χ1v) is 10.5. The minimum Gasteiger partial charge on any atom is -0.489 e. The Balaban J connectivity index is 1.39. The minimum atomic E-state index is -0.0227. The standard InChI is InChI=1S/C24H22ClN5O/c25-20-9-5-4-8-19(20)21-14-22(30-24(27-21)28-23(26)29-30)17-10-12-18(13-11-17)31-15-16-6-2-1-3-7-16/h1-13,21-22H,14-15H2,(H3,26,27,28,29). The maximum absolute atomic E-state index is 6.47. The highest BCUT2D eigenvalue weighted by atomic mass is 35.5. The molecule has 1 aliphatic heterocycles. The van der Waals surface area contributed by atoms with Crippen LogP contribution >= 0.6 is 11.6 Å². The molecule has 3 aromatic carbocycles. The van der Waals surface area contributed by atoms with Crippen molar-refractivity contribution in [3.8, 4) is 5.75 Å². The number of nitrogens with two attached hydrogens (primary N) is 1. The van der Waals surface area contributed by atoms with Crippen LogP contribution in [0.4, 0.5) is 11.9 Å². The molecule has 5 rings (SSSR count). The fraction of sp³-hybridized carbons (Fsp3) is 0.167. The van der Waals surface area contributed by atoms with Crippen LogP contribution in [0.15, 0.2) is 78.9 Å². The Morgan fingerprint density at radius 2 is 1.74 bits per heavy atom. The van der Waals surface area contributed by atoms with Gasteiger partial charge in [-0.05, 0) is 41.3 Å². The maximum Gasteiger partial charge on any atom is 0.241 e. The summed E-state index contributed by atoms with van der Waals surface area (Å²) in [6.45, 7) is 0.534. The van der Waals surface area contributed by atoms with E-state index in [1.54, 1.807) is 0 Å². The summed E-state index contributed by atoms with van der Waals surface area (Å²) in [6, 6.07) is 26.1. The summed E-state index contributed by atoms with van der Waals surface area (Å²) in [7, 11) is 0. The Labute approximate surface area is 185 Å². The SMILES string of the molecule is Nc1nc2n(n1)C(c1ccc(OCc3ccccc3)cc1)CC(c1ccccc1Cl)N2. The second-order valence-electron chi connectivity index (χ2n) is 7.55. The van der Waals surface area contributed by atoms with Gasteiger partial charge in [-0.15, -0.1) is 5.10 Å². The van der Waals surface area contributed by atoms with Crippen molar-refractivity contribution < 1.29 is 4.74 Å². The zero-order chi connectivity index (χ0) is 21.2. The molecule has 2 unspecified atom stereocenters. The normalized spacial score (nSPS) is 17.6. The number of anilines is 2. The maximum atomic E-state index is 6.47. The largest absolute Gasteiger partial charge is 0.489 e. The van der Waals surface area contributed by atoms with E-state index in [0.29, 0.717) is 12.6 Å². The van der Waals surface area contributed by atoms with Crippen LogP contribution in [0.3, 0.4) is 0 Å². The predicted molar refractivity (Wildman–Crippen MR) is 122 cm³/mol. The highest BCUT2D eigenvalue weighted by Crippen LogP contribution is 2.40. The predicted octanol–water partition coefficient (Wildman–Crippen LogP) is 5.24. The highest BCUT2D eigenvalue weighted by molar-refractivity contribution is 6.31. The van der Waals surface area contributed by atoms with E-state index in [-0.39, 0.29) is 18.0 Å². The number of rotatable bonds is 5. The summed E-state index contributed by atoms with van der Waals surface area (Å²) in [5, 5.41) is 8.57. The van der Waals surface area contributed by atoms with E-state index in [0.717, 1.165) is 33.9 Å². The third kappa shape index (κ3) is 4.07. The van der Waals surface area contributed by atoms with E-state index in [9.17, 15) is 0 Å². The monoisotopic (exact) mass is 431 g/mol. The van der Waals surface area contributed by atoms with Crippen LogP contribution in [-0.4, -0.2) is 14.8 Å². The van der Waals surface area contributed by atoms with Gasteiger partial charge in [-0.2, -0.15) is 4.98 Å². The summed E-state index contributed by atoms with van der Waals surface area (Å²) >= 11 is 6.47. The zero-order valence-corrected chi connectivity index (χ0v) is 17.5. The number of fused-ring (bicyclic) bond motifs is 1. The Bertz CT molecular complexity index is 1180. The van der Waals surface area contributed by atoms with Gasteiger partial charge in [0.1, 0.15) is 12.4 Å². The van der Waals surface area contributed by atoms with Crippen LogP contribution in [0.25, 0.3) is 0 Å². The first-order chi connectivity index (χ1) is 15.2. The molecular weight excluding hydrogens is 410 g/mol. The molecule has 7 heteroatoms. The Morgan fingerprint density at radius 1 is 1.00 bits per heavy atom. The Morgan fingerprint density at radius 3 is 2.52 bits per heavy atom. The highest BCUT2D eigenvalue weighted by Gasteiger charge is 2.31. The van der Waals surface area contributed by atoms with Crippen molar-refractivity contribution in [1.29, 1.82) is 0 Å². The van der Waals surface area contributed by atoms with Crippen molar-refractivity contribution in [2.45, 2.75) is 25.1 Å². The third-order valence-corrected chi connectivity index (χ3v) is 5.84. The van der Waals surface area contributed by atoms with Crippen LogP contribution in [0.2, 0.25) is 5.02 Å². The van der Waals surface area contributed by atoms with Crippen molar-refractivity contribution in [3.05, 3.63) is 101 Å². The average Bonchev–Trinajstić information content (AvgIpc) is 3.18. The molecule has 2 heterocycles. The van der Waals surface area contributed by atoms with Gasteiger partial charge < -0.3 is 15.8 Å². The van der Waals surface area contributed by atoms with Crippen LogP contribution in [-0.2, 0) is 6.61 Å². The van der Waals surface area contributed by atoms with Crippen molar-refractivity contribution >= 4 is 23.5 Å². The second-order valence-corrected chi connectivity index (χ2v) is 7.96. The van der Waals surface area contributed by atoms with Gasteiger partial charge >= 0.3 is 0 Å². The van der Waals surface area contributed by atoms with Gasteiger partial charge in [-0.1, -0.05) is 72.3 Å². The number of aromatic nitrogens is 3.